The van der Waals surface area contributed by atoms with Crippen molar-refractivity contribution in [2.24, 2.45) is 5.73 Å². The number of pyridine rings is 1. The maximum Gasteiger partial charge on any atom is 0.242 e. The van der Waals surface area contributed by atoms with E-state index < -0.39 is 5.54 Å². The van der Waals surface area contributed by atoms with Gasteiger partial charge in [-0.05, 0) is 31.9 Å². The van der Waals surface area contributed by atoms with Gasteiger partial charge in [0.2, 0.25) is 5.91 Å². The van der Waals surface area contributed by atoms with Gasteiger partial charge in [0.1, 0.15) is 0 Å². The number of rotatable bonds is 4. The number of nitrogens with two attached hydrogens (primary N) is 1. The van der Waals surface area contributed by atoms with E-state index in [2.05, 4.69) is 16.8 Å². The number of nitrogens with zero attached hydrogens (tertiary/aromatic N) is 3. The van der Waals surface area contributed by atoms with Gasteiger partial charge < -0.3 is 10.6 Å². The molecule has 0 aromatic carbocycles. The topological polar surface area (TPSA) is 62.5 Å². The fourth-order valence-electron chi connectivity index (χ4n) is 3.15. The smallest absolute Gasteiger partial charge is 0.242 e. The average Bonchev–Trinajstić information content (AvgIpc) is 2.48. The molecule has 1 fully saturated rings. The van der Waals surface area contributed by atoms with Crippen molar-refractivity contribution in [1.82, 2.24) is 14.8 Å². The Morgan fingerprint density at radius 3 is 2.71 bits per heavy atom. The van der Waals surface area contributed by atoms with Crippen molar-refractivity contribution in [3.05, 3.63) is 30.1 Å². The molecule has 1 aromatic rings. The molecule has 2 unspecified atom stereocenters. The maximum atomic E-state index is 12.5. The van der Waals surface area contributed by atoms with Crippen molar-refractivity contribution in [3.63, 3.8) is 0 Å². The number of carbonyl (C=O) groups excluding carboxylic acids is 1. The Balaban J connectivity index is 2.40. The molecule has 2 atom stereocenters. The molecule has 1 aliphatic heterocycles. The van der Waals surface area contributed by atoms with E-state index in [9.17, 15) is 4.79 Å². The molecule has 2 rings (SSSR count). The summed E-state index contributed by atoms with van der Waals surface area (Å²) in [5.41, 5.74) is 6.91. The zero-order chi connectivity index (χ0) is 15.6. The van der Waals surface area contributed by atoms with Crippen LogP contribution < -0.4 is 5.73 Å². The third kappa shape index (κ3) is 2.94. The molecular weight excluding hydrogens is 264 g/mol. The largest absolute Gasteiger partial charge is 0.343 e. The lowest BCUT2D eigenvalue weighted by Gasteiger charge is -2.49. The number of hydrogen-bond acceptors (Lipinski definition) is 4. The lowest BCUT2D eigenvalue weighted by molar-refractivity contribution is -0.150. The Hall–Kier alpha value is -1.46. The van der Waals surface area contributed by atoms with Crippen LogP contribution in [-0.4, -0.2) is 52.4 Å². The molecule has 1 saturated heterocycles. The summed E-state index contributed by atoms with van der Waals surface area (Å²) < 4.78 is 0. The molecule has 1 amide bonds. The van der Waals surface area contributed by atoms with Crippen molar-refractivity contribution in [2.45, 2.75) is 44.8 Å². The second-order valence-electron chi connectivity index (χ2n) is 6.28. The standard InChI is InChI=1S/C16H26N4O/c1-5-13(17)14(12-7-6-8-18-11-12)20-10-9-19(4)15(21)16(20,2)3/h6-8,11,13-14H,5,9-10,17H2,1-4H3. The zero-order valence-corrected chi connectivity index (χ0v) is 13.4. The zero-order valence-electron chi connectivity index (χ0n) is 13.4. The molecule has 2 heterocycles. The van der Waals surface area contributed by atoms with Crippen LogP contribution in [0.1, 0.15) is 38.8 Å². The molecule has 2 N–H and O–H groups in total. The van der Waals surface area contributed by atoms with Gasteiger partial charge in [-0.15, -0.1) is 0 Å². The first kappa shape index (κ1) is 15.9. The van der Waals surface area contributed by atoms with Crippen molar-refractivity contribution in [2.75, 3.05) is 20.1 Å². The molecule has 5 nitrogen and oxygen atoms in total. The monoisotopic (exact) mass is 290 g/mol. The molecule has 116 valence electrons. The number of piperazine rings is 1. The van der Waals surface area contributed by atoms with Gasteiger partial charge in [0.25, 0.3) is 0 Å². The first-order valence-corrected chi connectivity index (χ1v) is 7.57. The summed E-state index contributed by atoms with van der Waals surface area (Å²) in [7, 11) is 1.86. The van der Waals surface area contributed by atoms with E-state index in [0.717, 1.165) is 25.1 Å². The van der Waals surface area contributed by atoms with Crippen molar-refractivity contribution in [3.8, 4) is 0 Å². The van der Waals surface area contributed by atoms with E-state index in [1.165, 1.54) is 0 Å². The molecule has 21 heavy (non-hydrogen) atoms. The number of carbonyl (C=O) groups is 1. The Morgan fingerprint density at radius 2 is 2.14 bits per heavy atom. The molecular formula is C16H26N4O. The summed E-state index contributed by atoms with van der Waals surface area (Å²) in [4.78, 5) is 20.8. The Labute approximate surface area is 127 Å². The average molecular weight is 290 g/mol. The van der Waals surface area contributed by atoms with Gasteiger partial charge in [-0.3, -0.25) is 14.7 Å². The second kappa shape index (κ2) is 6.12. The van der Waals surface area contributed by atoms with E-state index in [0.29, 0.717) is 0 Å². The predicted molar refractivity (Wildman–Crippen MR) is 83.7 cm³/mol. The normalized spacial score (nSPS) is 22.1. The van der Waals surface area contributed by atoms with Gasteiger partial charge in [-0.25, -0.2) is 0 Å². The highest BCUT2D eigenvalue weighted by atomic mass is 16.2. The third-order valence-electron chi connectivity index (χ3n) is 4.50. The third-order valence-corrected chi connectivity index (χ3v) is 4.50. The van der Waals surface area contributed by atoms with Crippen LogP contribution in [0, 0.1) is 0 Å². The number of hydrogen-bond donors (Lipinski definition) is 1. The van der Waals surface area contributed by atoms with Gasteiger partial charge in [0.05, 0.1) is 11.6 Å². The van der Waals surface area contributed by atoms with Crippen molar-refractivity contribution < 1.29 is 4.79 Å². The summed E-state index contributed by atoms with van der Waals surface area (Å²) in [5, 5.41) is 0. The lowest BCUT2D eigenvalue weighted by atomic mass is 9.89. The Kier molecular flexibility index (Phi) is 4.64. The van der Waals surface area contributed by atoms with Gasteiger partial charge in [-0.1, -0.05) is 13.0 Å². The molecule has 0 spiro atoms. The lowest BCUT2D eigenvalue weighted by Crippen LogP contribution is -2.64. The molecule has 1 aromatic heterocycles. The quantitative estimate of drug-likeness (QED) is 0.911. The van der Waals surface area contributed by atoms with Crippen molar-refractivity contribution in [1.29, 1.82) is 0 Å². The summed E-state index contributed by atoms with van der Waals surface area (Å²) >= 11 is 0. The van der Waals surface area contributed by atoms with Crippen LogP contribution in [0.25, 0.3) is 0 Å². The molecule has 0 aliphatic carbocycles. The van der Waals surface area contributed by atoms with Crippen LogP contribution in [0.15, 0.2) is 24.5 Å². The summed E-state index contributed by atoms with van der Waals surface area (Å²) in [5.74, 6) is 0.144. The second-order valence-corrected chi connectivity index (χ2v) is 6.28. The molecule has 1 aliphatic rings. The maximum absolute atomic E-state index is 12.5. The highest BCUT2D eigenvalue weighted by Gasteiger charge is 2.45. The van der Waals surface area contributed by atoms with Gasteiger partial charge >= 0.3 is 0 Å². The molecule has 0 radical (unpaired) electrons. The molecule has 0 bridgehead atoms. The van der Waals surface area contributed by atoms with E-state index in [1.54, 1.807) is 11.1 Å². The van der Waals surface area contributed by atoms with Crippen LogP contribution in [0.5, 0.6) is 0 Å². The van der Waals surface area contributed by atoms with Gasteiger partial charge in [0.15, 0.2) is 0 Å². The minimum absolute atomic E-state index is 0.0105. The first-order chi connectivity index (χ1) is 9.89. The van der Waals surface area contributed by atoms with E-state index >= 15 is 0 Å². The van der Waals surface area contributed by atoms with E-state index in [4.69, 9.17) is 5.73 Å². The van der Waals surface area contributed by atoms with E-state index in [-0.39, 0.29) is 18.0 Å². The highest BCUT2D eigenvalue weighted by molar-refractivity contribution is 5.86. The molecule has 5 heteroatoms. The van der Waals surface area contributed by atoms with Crippen molar-refractivity contribution >= 4 is 5.91 Å². The van der Waals surface area contributed by atoms with Gasteiger partial charge in [-0.2, -0.15) is 0 Å². The SMILES string of the molecule is CCC(N)C(c1cccnc1)N1CCN(C)C(=O)C1(C)C. The minimum Gasteiger partial charge on any atom is -0.343 e. The summed E-state index contributed by atoms with van der Waals surface area (Å²) in [6, 6.07) is 3.96. The van der Waals surface area contributed by atoms with Crippen LogP contribution in [0.3, 0.4) is 0 Å². The van der Waals surface area contributed by atoms with Crippen LogP contribution in [0.2, 0.25) is 0 Å². The first-order valence-electron chi connectivity index (χ1n) is 7.57. The van der Waals surface area contributed by atoms with Crippen LogP contribution >= 0.6 is 0 Å². The number of aromatic nitrogens is 1. The van der Waals surface area contributed by atoms with E-state index in [1.807, 2.05) is 39.2 Å². The number of amides is 1. The summed E-state index contributed by atoms with van der Waals surface area (Å²) in [6.45, 7) is 7.60. The Morgan fingerprint density at radius 1 is 1.43 bits per heavy atom. The predicted octanol–water partition coefficient (Wildman–Crippen LogP) is 1.41. The van der Waals surface area contributed by atoms with Crippen LogP contribution in [-0.2, 0) is 4.79 Å². The summed E-state index contributed by atoms with van der Waals surface area (Å²) in [6.07, 6.45) is 4.48. The minimum atomic E-state index is -0.555. The fourth-order valence-corrected chi connectivity index (χ4v) is 3.15. The Bertz CT molecular complexity index is 488. The fraction of sp³-hybridized carbons (Fsp3) is 0.625. The van der Waals surface area contributed by atoms with Gasteiger partial charge in [0, 0.05) is 38.6 Å². The van der Waals surface area contributed by atoms with Crippen LogP contribution in [0.4, 0.5) is 0 Å². The highest BCUT2D eigenvalue weighted by Crippen LogP contribution is 2.34. The number of likely N-dealkylation sites (N-methyl/N-ethyl adjacent to an activating group) is 1. The molecule has 0 saturated carbocycles.